The summed E-state index contributed by atoms with van der Waals surface area (Å²) in [5.41, 5.74) is 3.16. The highest BCUT2D eigenvalue weighted by atomic mass is 35.5. The van der Waals surface area contributed by atoms with E-state index in [4.69, 9.17) is 21.1 Å². The van der Waals surface area contributed by atoms with Crippen molar-refractivity contribution < 1.29 is 19.4 Å². The zero-order valence-corrected chi connectivity index (χ0v) is 18.1. The third-order valence-electron chi connectivity index (χ3n) is 5.10. The molecule has 0 fully saturated rings. The first-order valence-corrected chi connectivity index (χ1v) is 9.79. The van der Waals surface area contributed by atoms with Crippen LogP contribution in [-0.2, 0) is 0 Å². The SMILES string of the molecule is COc1cc(-c2nc3c(C#N)c[nH]n3c2Nc2cccc(C(=O)O)c2C)cc(Cl)c1OC. The molecule has 0 radical (unpaired) electrons. The van der Waals surface area contributed by atoms with E-state index in [1.807, 2.05) is 0 Å². The van der Waals surface area contributed by atoms with Crippen LogP contribution in [0.3, 0.4) is 0 Å². The molecule has 10 heteroatoms. The quantitative estimate of drug-likeness (QED) is 0.390. The molecule has 9 nitrogen and oxygen atoms in total. The second kappa shape index (κ2) is 8.17. The van der Waals surface area contributed by atoms with E-state index in [1.54, 1.807) is 41.9 Å². The summed E-state index contributed by atoms with van der Waals surface area (Å²) >= 11 is 6.40. The predicted molar refractivity (Wildman–Crippen MR) is 119 cm³/mol. The van der Waals surface area contributed by atoms with Gasteiger partial charge >= 0.3 is 5.97 Å². The number of imidazole rings is 1. The maximum Gasteiger partial charge on any atom is 0.336 e. The molecular weight excluding hydrogens is 434 g/mol. The van der Waals surface area contributed by atoms with Crippen LogP contribution in [-0.4, -0.2) is 39.9 Å². The largest absolute Gasteiger partial charge is 0.493 e. The summed E-state index contributed by atoms with van der Waals surface area (Å²) in [6, 6.07) is 10.5. The summed E-state index contributed by atoms with van der Waals surface area (Å²) in [6.07, 6.45) is 1.54. The predicted octanol–water partition coefficient (Wildman–Crippen LogP) is 4.62. The highest BCUT2D eigenvalue weighted by Crippen LogP contribution is 2.41. The first-order valence-electron chi connectivity index (χ1n) is 9.41. The summed E-state index contributed by atoms with van der Waals surface area (Å²) in [5.74, 6) is 0.278. The van der Waals surface area contributed by atoms with Crippen LogP contribution >= 0.6 is 11.6 Å². The van der Waals surface area contributed by atoms with Gasteiger partial charge in [-0.05, 0) is 36.8 Å². The number of H-pyrrole nitrogens is 1. The zero-order chi connectivity index (χ0) is 23.0. The Bertz CT molecular complexity index is 1400. The van der Waals surface area contributed by atoms with Crippen LogP contribution in [0.2, 0.25) is 5.02 Å². The van der Waals surface area contributed by atoms with Gasteiger partial charge in [0.2, 0.25) is 0 Å². The van der Waals surface area contributed by atoms with Crippen molar-refractivity contribution in [2.45, 2.75) is 6.92 Å². The van der Waals surface area contributed by atoms with Gasteiger partial charge < -0.3 is 19.9 Å². The van der Waals surface area contributed by atoms with Crippen LogP contribution < -0.4 is 14.8 Å². The Kier molecular flexibility index (Phi) is 5.38. The lowest BCUT2D eigenvalue weighted by molar-refractivity contribution is 0.0696. The van der Waals surface area contributed by atoms with Crippen molar-refractivity contribution in [3.8, 4) is 28.8 Å². The fraction of sp³-hybridized carbons (Fsp3) is 0.136. The van der Waals surface area contributed by atoms with Crippen LogP contribution in [0.15, 0.2) is 36.5 Å². The van der Waals surface area contributed by atoms with Crippen molar-refractivity contribution in [1.82, 2.24) is 14.6 Å². The van der Waals surface area contributed by atoms with Gasteiger partial charge in [0.1, 0.15) is 17.3 Å². The van der Waals surface area contributed by atoms with Gasteiger partial charge in [-0.2, -0.15) is 5.26 Å². The molecule has 0 aliphatic heterocycles. The summed E-state index contributed by atoms with van der Waals surface area (Å²) in [6.45, 7) is 1.71. The number of aromatic amines is 1. The highest BCUT2D eigenvalue weighted by Gasteiger charge is 2.22. The Morgan fingerprint density at radius 3 is 2.75 bits per heavy atom. The van der Waals surface area contributed by atoms with Gasteiger partial charge in [-0.3, -0.25) is 5.10 Å². The first-order chi connectivity index (χ1) is 15.4. The molecule has 32 heavy (non-hydrogen) atoms. The number of nitriles is 1. The van der Waals surface area contributed by atoms with Crippen LogP contribution in [0, 0.1) is 18.3 Å². The topological polar surface area (TPSA) is 125 Å². The number of ether oxygens (including phenoxy) is 2. The van der Waals surface area contributed by atoms with E-state index in [1.165, 1.54) is 20.3 Å². The normalized spacial score (nSPS) is 10.7. The molecule has 2 aromatic carbocycles. The monoisotopic (exact) mass is 451 g/mol. The molecule has 3 N–H and O–H groups in total. The number of rotatable bonds is 6. The molecular formula is C22H18ClN5O4. The first kappa shape index (κ1) is 21.1. The van der Waals surface area contributed by atoms with Crippen molar-refractivity contribution in [2.24, 2.45) is 0 Å². The highest BCUT2D eigenvalue weighted by molar-refractivity contribution is 6.32. The fourth-order valence-corrected chi connectivity index (χ4v) is 3.79. The lowest BCUT2D eigenvalue weighted by Gasteiger charge is -2.14. The molecule has 2 aromatic heterocycles. The number of halogens is 1. The minimum absolute atomic E-state index is 0.177. The average Bonchev–Trinajstić information content (AvgIpc) is 3.34. The number of nitrogens with one attached hydrogen (secondary N) is 2. The van der Waals surface area contributed by atoms with E-state index in [9.17, 15) is 15.2 Å². The van der Waals surface area contributed by atoms with Gasteiger partial charge in [0.15, 0.2) is 23.0 Å². The summed E-state index contributed by atoms with van der Waals surface area (Å²) < 4.78 is 12.3. The van der Waals surface area contributed by atoms with Crippen LogP contribution in [0.25, 0.3) is 16.9 Å². The van der Waals surface area contributed by atoms with Crippen LogP contribution in [0.5, 0.6) is 11.5 Å². The molecule has 4 aromatic rings. The Morgan fingerprint density at radius 1 is 1.31 bits per heavy atom. The molecule has 0 unspecified atom stereocenters. The van der Waals surface area contributed by atoms with Gasteiger partial charge in [0.25, 0.3) is 0 Å². The van der Waals surface area contributed by atoms with Gasteiger partial charge in [0, 0.05) is 17.4 Å². The minimum Gasteiger partial charge on any atom is -0.493 e. The molecule has 2 heterocycles. The number of carboxylic acid groups (broad SMARTS) is 1. The van der Waals surface area contributed by atoms with Gasteiger partial charge in [0.05, 0.1) is 24.8 Å². The van der Waals surface area contributed by atoms with Gasteiger partial charge in [-0.15, -0.1) is 0 Å². The second-order valence-corrected chi connectivity index (χ2v) is 7.28. The minimum atomic E-state index is -1.02. The Labute approximate surface area is 187 Å². The van der Waals surface area contributed by atoms with Crippen molar-refractivity contribution in [1.29, 1.82) is 5.26 Å². The van der Waals surface area contributed by atoms with E-state index >= 15 is 0 Å². The summed E-state index contributed by atoms with van der Waals surface area (Å²) in [4.78, 5) is 16.2. The number of hydrogen-bond donors (Lipinski definition) is 3. The third kappa shape index (κ3) is 3.36. The smallest absolute Gasteiger partial charge is 0.336 e. The summed E-state index contributed by atoms with van der Waals surface area (Å²) in [5, 5.41) is 25.5. The van der Waals surface area contributed by atoms with Crippen molar-refractivity contribution in [2.75, 3.05) is 19.5 Å². The second-order valence-electron chi connectivity index (χ2n) is 6.87. The molecule has 0 bridgehead atoms. The maximum atomic E-state index is 11.6. The molecule has 0 aliphatic rings. The molecule has 0 saturated carbocycles. The molecule has 4 rings (SSSR count). The number of methoxy groups -OCH3 is 2. The Balaban J connectivity index is 1.94. The number of anilines is 2. The molecule has 0 spiro atoms. The number of hydrogen-bond acceptors (Lipinski definition) is 6. The van der Waals surface area contributed by atoms with Gasteiger partial charge in [-0.1, -0.05) is 17.7 Å². The number of carboxylic acids is 1. The van der Waals surface area contributed by atoms with Crippen molar-refractivity contribution >= 4 is 34.7 Å². The van der Waals surface area contributed by atoms with E-state index in [0.29, 0.717) is 56.1 Å². The van der Waals surface area contributed by atoms with Crippen LogP contribution in [0.1, 0.15) is 21.5 Å². The summed E-state index contributed by atoms with van der Waals surface area (Å²) in [7, 11) is 3.00. The van der Waals surface area contributed by atoms with E-state index in [0.717, 1.165) is 0 Å². The zero-order valence-electron chi connectivity index (χ0n) is 17.4. The van der Waals surface area contributed by atoms with E-state index in [-0.39, 0.29) is 5.56 Å². The van der Waals surface area contributed by atoms with E-state index in [2.05, 4.69) is 21.5 Å². The lowest BCUT2D eigenvalue weighted by Crippen LogP contribution is -2.04. The maximum absolute atomic E-state index is 11.6. The molecule has 0 amide bonds. The standard InChI is InChI=1S/C22H18ClN5O4/c1-11-14(22(29)30)5-4-6-16(11)26-21-18(27-20-13(9-24)10-25-28(20)21)12-7-15(23)19(32-3)17(8-12)31-2/h4-8,10,25-26H,1-3H3,(H,29,30). The van der Waals surface area contributed by atoms with Crippen LogP contribution in [0.4, 0.5) is 11.5 Å². The Hall–Kier alpha value is -4.16. The third-order valence-corrected chi connectivity index (χ3v) is 5.38. The number of aromatic carboxylic acids is 1. The Morgan fingerprint density at radius 2 is 2.09 bits per heavy atom. The fourth-order valence-electron chi connectivity index (χ4n) is 3.50. The molecule has 162 valence electrons. The number of carbonyl (C=O) groups is 1. The number of benzene rings is 2. The van der Waals surface area contributed by atoms with Crippen molar-refractivity contribution in [3.05, 3.63) is 58.2 Å². The lowest BCUT2D eigenvalue weighted by atomic mass is 10.1. The number of nitrogens with zero attached hydrogens (tertiary/aromatic N) is 3. The van der Waals surface area contributed by atoms with Gasteiger partial charge in [-0.25, -0.2) is 14.3 Å². The average molecular weight is 452 g/mol. The number of aromatic nitrogens is 3. The molecule has 0 atom stereocenters. The molecule has 0 aliphatic carbocycles. The molecule has 0 saturated heterocycles. The van der Waals surface area contributed by atoms with E-state index < -0.39 is 5.97 Å². The number of fused-ring (bicyclic) bond motifs is 1. The van der Waals surface area contributed by atoms with Crippen molar-refractivity contribution in [3.63, 3.8) is 0 Å².